The van der Waals surface area contributed by atoms with E-state index in [-0.39, 0.29) is 5.91 Å². The lowest BCUT2D eigenvalue weighted by Gasteiger charge is -2.27. The van der Waals surface area contributed by atoms with Gasteiger partial charge in [-0.1, -0.05) is 0 Å². The second-order valence-electron chi connectivity index (χ2n) is 4.62. The Kier molecular flexibility index (Phi) is 3.32. The molecule has 3 heterocycles. The highest BCUT2D eigenvalue weighted by Crippen LogP contribution is 2.18. The maximum atomic E-state index is 12.6. The van der Waals surface area contributed by atoms with Gasteiger partial charge in [0, 0.05) is 25.8 Å². The Morgan fingerprint density at radius 2 is 2.35 bits per heavy atom. The second-order valence-corrected chi connectivity index (χ2v) is 4.62. The Bertz CT molecular complexity index is 623. The van der Waals surface area contributed by atoms with Crippen LogP contribution in [0.2, 0.25) is 0 Å². The number of hydrogen-bond donors (Lipinski definition) is 1. The first-order chi connectivity index (χ1) is 9.79. The number of carbonyl (C=O) groups excluding carboxylic acids is 1. The third-order valence-electron chi connectivity index (χ3n) is 3.34. The number of pyridine rings is 1. The predicted molar refractivity (Wildman–Crippen MR) is 73.2 cm³/mol. The highest BCUT2D eigenvalue weighted by atomic mass is 16.2. The summed E-state index contributed by atoms with van der Waals surface area (Å²) in [5.41, 5.74) is 1.42. The van der Waals surface area contributed by atoms with E-state index in [2.05, 4.69) is 20.5 Å². The molecular weight excluding hydrogens is 256 g/mol. The van der Waals surface area contributed by atoms with E-state index in [9.17, 15) is 4.79 Å². The molecule has 1 N–H and O–H groups in total. The maximum absolute atomic E-state index is 12.6. The summed E-state index contributed by atoms with van der Waals surface area (Å²) in [6, 6.07) is 1.75. The van der Waals surface area contributed by atoms with Gasteiger partial charge >= 0.3 is 0 Å². The van der Waals surface area contributed by atoms with Gasteiger partial charge in [0.2, 0.25) is 0 Å². The van der Waals surface area contributed by atoms with E-state index in [0.29, 0.717) is 18.7 Å². The number of nitrogens with one attached hydrogen (secondary N) is 1. The molecular formula is C13H16N6O. The molecule has 0 bridgehead atoms. The van der Waals surface area contributed by atoms with Crippen molar-refractivity contribution in [2.75, 3.05) is 18.4 Å². The van der Waals surface area contributed by atoms with Crippen molar-refractivity contribution in [2.24, 2.45) is 0 Å². The number of nitrogens with zero attached hydrogens (tertiary/aromatic N) is 5. The lowest BCUT2D eigenvalue weighted by atomic mass is 10.2. The largest absolute Gasteiger partial charge is 0.383 e. The molecule has 0 atom stereocenters. The third-order valence-corrected chi connectivity index (χ3v) is 3.34. The van der Waals surface area contributed by atoms with Crippen LogP contribution < -0.4 is 5.32 Å². The molecule has 1 aliphatic heterocycles. The first-order valence-electron chi connectivity index (χ1n) is 6.63. The minimum absolute atomic E-state index is 0.00222. The smallest absolute Gasteiger partial charge is 0.256 e. The summed E-state index contributed by atoms with van der Waals surface area (Å²) >= 11 is 0. The minimum atomic E-state index is -0.00222. The third kappa shape index (κ3) is 2.22. The van der Waals surface area contributed by atoms with Crippen molar-refractivity contribution in [1.82, 2.24) is 24.6 Å². The summed E-state index contributed by atoms with van der Waals surface area (Å²) in [6.45, 7) is 4.63. The molecule has 0 fully saturated rings. The van der Waals surface area contributed by atoms with Gasteiger partial charge in [0.15, 0.2) is 5.82 Å². The molecule has 104 valence electrons. The first kappa shape index (κ1) is 12.6. The Balaban J connectivity index is 1.83. The number of hydrogen-bond acceptors (Lipinski definition) is 5. The Morgan fingerprint density at radius 1 is 1.45 bits per heavy atom. The number of aromatic nitrogens is 4. The summed E-state index contributed by atoms with van der Waals surface area (Å²) in [6.07, 6.45) is 5.03. The molecule has 20 heavy (non-hydrogen) atoms. The second kappa shape index (κ2) is 5.28. The molecule has 0 radical (unpaired) electrons. The van der Waals surface area contributed by atoms with Gasteiger partial charge in [-0.2, -0.15) is 0 Å². The fraction of sp³-hybridized carbons (Fsp3) is 0.385. The van der Waals surface area contributed by atoms with Crippen LogP contribution in [-0.4, -0.2) is 43.6 Å². The van der Waals surface area contributed by atoms with Gasteiger partial charge in [0.1, 0.15) is 6.33 Å². The maximum Gasteiger partial charge on any atom is 0.256 e. The van der Waals surface area contributed by atoms with Gasteiger partial charge in [0.25, 0.3) is 5.91 Å². The van der Waals surface area contributed by atoms with Crippen LogP contribution in [0.4, 0.5) is 5.69 Å². The molecule has 0 saturated carbocycles. The Hall–Kier alpha value is -2.44. The van der Waals surface area contributed by atoms with Crippen molar-refractivity contribution in [1.29, 1.82) is 0 Å². The van der Waals surface area contributed by atoms with Crippen molar-refractivity contribution in [3.63, 3.8) is 0 Å². The zero-order valence-electron chi connectivity index (χ0n) is 11.3. The number of carbonyl (C=O) groups is 1. The Morgan fingerprint density at radius 3 is 3.20 bits per heavy atom. The molecule has 7 heteroatoms. The zero-order valence-corrected chi connectivity index (χ0v) is 11.3. The van der Waals surface area contributed by atoms with Gasteiger partial charge in [-0.15, -0.1) is 10.2 Å². The van der Waals surface area contributed by atoms with Crippen LogP contribution in [0.1, 0.15) is 23.1 Å². The highest BCUT2D eigenvalue weighted by Gasteiger charge is 2.24. The van der Waals surface area contributed by atoms with Crippen molar-refractivity contribution < 1.29 is 4.79 Å². The molecule has 2 aromatic rings. The van der Waals surface area contributed by atoms with Crippen molar-refractivity contribution in [3.8, 4) is 0 Å². The molecule has 0 spiro atoms. The van der Waals surface area contributed by atoms with E-state index in [4.69, 9.17) is 0 Å². The van der Waals surface area contributed by atoms with Crippen LogP contribution in [0.15, 0.2) is 24.8 Å². The van der Waals surface area contributed by atoms with E-state index in [1.165, 1.54) is 0 Å². The fourth-order valence-corrected chi connectivity index (χ4v) is 2.32. The monoisotopic (exact) mass is 272 g/mol. The quantitative estimate of drug-likeness (QED) is 0.892. The van der Waals surface area contributed by atoms with E-state index < -0.39 is 0 Å². The summed E-state index contributed by atoms with van der Waals surface area (Å²) in [5.74, 6) is 0.821. The van der Waals surface area contributed by atoms with E-state index in [1.807, 2.05) is 11.5 Å². The SMILES string of the molecule is CCNc1cnccc1C(=O)N1CCn2cnnc2C1. The molecule has 0 saturated heterocycles. The molecule has 7 nitrogen and oxygen atoms in total. The van der Waals surface area contributed by atoms with Gasteiger partial charge in [-0.3, -0.25) is 9.78 Å². The molecule has 1 amide bonds. The highest BCUT2D eigenvalue weighted by molar-refractivity contribution is 5.99. The fourth-order valence-electron chi connectivity index (χ4n) is 2.32. The lowest BCUT2D eigenvalue weighted by molar-refractivity contribution is 0.0708. The topological polar surface area (TPSA) is 75.9 Å². The summed E-state index contributed by atoms with van der Waals surface area (Å²) in [5, 5.41) is 11.1. The average Bonchev–Trinajstić information content (AvgIpc) is 2.95. The van der Waals surface area contributed by atoms with Crippen LogP contribution in [0.25, 0.3) is 0 Å². The number of fused-ring (bicyclic) bond motifs is 1. The molecule has 0 aromatic carbocycles. The summed E-state index contributed by atoms with van der Waals surface area (Å²) in [4.78, 5) is 18.5. The van der Waals surface area contributed by atoms with E-state index in [0.717, 1.165) is 24.6 Å². The van der Waals surface area contributed by atoms with E-state index in [1.54, 1.807) is 29.7 Å². The van der Waals surface area contributed by atoms with Gasteiger partial charge in [-0.05, 0) is 13.0 Å². The Labute approximate surface area is 116 Å². The normalized spacial score (nSPS) is 13.9. The minimum Gasteiger partial charge on any atom is -0.383 e. The van der Waals surface area contributed by atoms with E-state index >= 15 is 0 Å². The van der Waals surface area contributed by atoms with Crippen molar-refractivity contribution >= 4 is 11.6 Å². The van der Waals surface area contributed by atoms with Crippen LogP contribution in [0, 0.1) is 0 Å². The van der Waals surface area contributed by atoms with Crippen LogP contribution in [0.5, 0.6) is 0 Å². The number of amides is 1. The number of rotatable bonds is 3. The van der Waals surface area contributed by atoms with Gasteiger partial charge in [0.05, 0.1) is 24.0 Å². The van der Waals surface area contributed by atoms with Crippen LogP contribution >= 0.6 is 0 Å². The lowest BCUT2D eigenvalue weighted by Crippen LogP contribution is -2.38. The standard InChI is InChI=1S/C13H16N6O/c1-2-15-11-7-14-4-3-10(11)13(20)18-5-6-19-9-16-17-12(19)8-18/h3-4,7,9,15H,2,5-6,8H2,1H3. The zero-order chi connectivity index (χ0) is 13.9. The summed E-state index contributed by atoms with van der Waals surface area (Å²) < 4.78 is 1.97. The molecule has 1 aliphatic rings. The van der Waals surface area contributed by atoms with Crippen LogP contribution in [-0.2, 0) is 13.1 Å². The van der Waals surface area contributed by atoms with Gasteiger partial charge in [-0.25, -0.2) is 0 Å². The molecule has 2 aromatic heterocycles. The molecule has 0 unspecified atom stereocenters. The first-order valence-corrected chi connectivity index (χ1v) is 6.63. The molecule has 3 rings (SSSR count). The van der Waals surface area contributed by atoms with Crippen molar-refractivity contribution in [2.45, 2.75) is 20.0 Å². The molecule has 0 aliphatic carbocycles. The summed E-state index contributed by atoms with van der Waals surface area (Å²) in [7, 11) is 0. The van der Waals surface area contributed by atoms with Crippen molar-refractivity contribution in [3.05, 3.63) is 36.2 Å². The van der Waals surface area contributed by atoms with Gasteiger partial charge < -0.3 is 14.8 Å². The number of anilines is 1. The van der Waals surface area contributed by atoms with Crippen LogP contribution in [0.3, 0.4) is 0 Å². The predicted octanol–water partition coefficient (Wildman–Crippen LogP) is 0.761. The average molecular weight is 272 g/mol.